The molecule has 0 bridgehead atoms. The van der Waals surface area contributed by atoms with Crippen LogP contribution in [0, 0.1) is 11.3 Å². The molecule has 2 aromatic rings. The first-order chi connectivity index (χ1) is 11.1. The Bertz CT molecular complexity index is 678. The molecule has 1 unspecified atom stereocenters. The van der Waals surface area contributed by atoms with E-state index in [2.05, 4.69) is 0 Å². The van der Waals surface area contributed by atoms with Gasteiger partial charge in [0.1, 0.15) is 6.61 Å². The lowest BCUT2D eigenvalue weighted by Gasteiger charge is -2.20. The van der Waals surface area contributed by atoms with Crippen LogP contribution in [0.4, 0.5) is 4.79 Å². The lowest BCUT2D eigenvalue weighted by atomic mass is 10.1. The Labute approximate surface area is 135 Å². The number of aliphatic hydroxyl groups is 1. The Morgan fingerprint density at radius 3 is 2.48 bits per heavy atom. The van der Waals surface area contributed by atoms with Gasteiger partial charge in [0.25, 0.3) is 0 Å². The molecule has 1 N–H and O–H groups in total. The largest absolute Gasteiger partial charge is 0.445 e. The minimum absolute atomic E-state index is 0.111. The summed E-state index contributed by atoms with van der Waals surface area (Å²) in [7, 11) is 1.57. The van der Waals surface area contributed by atoms with E-state index in [9.17, 15) is 9.90 Å². The highest BCUT2D eigenvalue weighted by atomic mass is 16.6. The van der Waals surface area contributed by atoms with Crippen LogP contribution < -0.4 is 0 Å². The molecule has 0 aliphatic heterocycles. The van der Waals surface area contributed by atoms with Gasteiger partial charge in [0.05, 0.1) is 24.3 Å². The van der Waals surface area contributed by atoms with Crippen molar-refractivity contribution in [1.82, 2.24) is 4.90 Å². The van der Waals surface area contributed by atoms with E-state index in [4.69, 9.17) is 10.00 Å². The summed E-state index contributed by atoms with van der Waals surface area (Å²) in [6.45, 7) is 0.302. The zero-order valence-electron chi connectivity index (χ0n) is 12.8. The molecule has 0 heterocycles. The van der Waals surface area contributed by atoms with Crippen LogP contribution in [0.25, 0.3) is 0 Å². The van der Waals surface area contributed by atoms with E-state index >= 15 is 0 Å². The van der Waals surface area contributed by atoms with Crippen LogP contribution in [0.5, 0.6) is 0 Å². The van der Waals surface area contributed by atoms with E-state index in [1.165, 1.54) is 4.90 Å². The van der Waals surface area contributed by atoms with E-state index in [1.807, 2.05) is 36.4 Å². The second-order valence-corrected chi connectivity index (χ2v) is 5.17. The van der Waals surface area contributed by atoms with E-state index in [0.717, 1.165) is 5.56 Å². The molecule has 1 atom stereocenters. The number of likely N-dealkylation sites (N-methyl/N-ethyl adjacent to an activating group) is 1. The van der Waals surface area contributed by atoms with Crippen molar-refractivity contribution in [3.05, 3.63) is 71.3 Å². The molecule has 0 saturated carbocycles. The molecule has 0 spiro atoms. The molecular weight excluding hydrogens is 292 g/mol. The summed E-state index contributed by atoms with van der Waals surface area (Å²) in [6, 6.07) is 18.0. The summed E-state index contributed by atoms with van der Waals surface area (Å²) in [6.07, 6.45) is -1.33. The number of nitriles is 1. The first kappa shape index (κ1) is 16.5. The third-order valence-corrected chi connectivity index (χ3v) is 3.39. The summed E-state index contributed by atoms with van der Waals surface area (Å²) < 4.78 is 5.20. The van der Waals surface area contributed by atoms with Gasteiger partial charge in [-0.25, -0.2) is 4.79 Å². The van der Waals surface area contributed by atoms with Crippen molar-refractivity contribution >= 4 is 6.09 Å². The molecule has 118 valence electrons. The summed E-state index contributed by atoms with van der Waals surface area (Å²) in [5, 5.41) is 18.9. The molecule has 0 aromatic heterocycles. The molecule has 2 aromatic carbocycles. The molecule has 0 fully saturated rings. The van der Waals surface area contributed by atoms with Crippen LogP contribution in [-0.2, 0) is 11.3 Å². The Morgan fingerprint density at radius 2 is 1.87 bits per heavy atom. The van der Waals surface area contributed by atoms with Crippen LogP contribution in [0.15, 0.2) is 54.6 Å². The molecule has 5 nitrogen and oxygen atoms in total. The Kier molecular flexibility index (Phi) is 5.73. The molecule has 0 aliphatic carbocycles. The number of rotatable bonds is 5. The maximum atomic E-state index is 11.9. The molecule has 5 heteroatoms. The van der Waals surface area contributed by atoms with E-state index in [0.29, 0.717) is 11.1 Å². The van der Waals surface area contributed by atoms with E-state index < -0.39 is 12.2 Å². The standard InChI is InChI=1S/C18H18N2O3/c1-20(18(22)23-13-15-5-3-2-4-6-15)12-17(21)16-9-7-14(11-19)8-10-16/h2-10,17,21H,12-13H2,1H3. The first-order valence-corrected chi connectivity index (χ1v) is 7.20. The summed E-state index contributed by atoms with van der Waals surface area (Å²) in [4.78, 5) is 13.3. The van der Waals surface area contributed by atoms with Gasteiger partial charge in [0, 0.05) is 7.05 Å². The Balaban J connectivity index is 1.85. The van der Waals surface area contributed by atoms with Gasteiger partial charge in [-0.05, 0) is 23.3 Å². The van der Waals surface area contributed by atoms with Gasteiger partial charge in [0.15, 0.2) is 0 Å². The number of carbonyl (C=O) groups excluding carboxylic acids is 1. The van der Waals surface area contributed by atoms with Gasteiger partial charge in [0.2, 0.25) is 0 Å². The lowest BCUT2D eigenvalue weighted by molar-refractivity contribution is 0.0787. The molecular formula is C18H18N2O3. The van der Waals surface area contributed by atoms with Crippen molar-refractivity contribution in [3.63, 3.8) is 0 Å². The Hall–Kier alpha value is -2.84. The number of benzene rings is 2. The molecule has 23 heavy (non-hydrogen) atoms. The van der Waals surface area contributed by atoms with Crippen molar-refractivity contribution in [2.75, 3.05) is 13.6 Å². The number of hydrogen-bond acceptors (Lipinski definition) is 4. The third-order valence-electron chi connectivity index (χ3n) is 3.39. The topological polar surface area (TPSA) is 73.6 Å². The smallest absolute Gasteiger partial charge is 0.409 e. The van der Waals surface area contributed by atoms with Crippen LogP contribution >= 0.6 is 0 Å². The average Bonchev–Trinajstić information content (AvgIpc) is 2.60. The zero-order chi connectivity index (χ0) is 16.7. The highest BCUT2D eigenvalue weighted by molar-refractivity contribution is 5.67. The van der Waals surface area contributed by atoms with Gasteiger partial charge in [-0.3, -0.25) is 0 Å². The first-order valence-electron chi connectivity index (χ1n) is 7.20. The molecule has 0 saturated heterocycles. The fourth-order valence-corrected chi connectivity index (χ4v) is 2.05. The number of aliphatic hydroxyl groups excluding tert-OH is 1. The molecule has 0 radical (unpaired) electrons. The van der Waals surface area contributed by atoms with E-state index in [-0.39, 0.29) is 13.2 Å². The van der Waals surface area contributed by atoms with Gasteiger partial charge in [-0.2, -0.15) is 5.26 Å². The number of hydrogen-bond donors (Lipinski definition) is 1. The normalized spacial score (nSPS) is 11.3. The summed E-state index contributed by atoms with van der Waals surface area (Å²) in [5.41, 5.74) is 2.07. The van der Waals surface area contributed by atoms with Crippen molar-refractivity contribution in [1.29, 1.82) is 5.26 Å². The van der Waals surface area contributed by atoms with Gasteiger partial charge < -0.3 is 14.7 Å². The van der Waals surface area contributed by atoms with Crippen LogP contribution in [0.1, 0.15) is 22.8 Å². The van der Waals surface area contributed by atoms with Gasteiger partial charge >= 0.3 is 6.09 Å². The Morgan fingerprint density at radius 1 is 1.22 bits per heavy atom. The van der Waals surface area contributed by atoms with Crippen molar-refractivity contribution in [3.8, 4) is 6.07 Å². The summed E-state index contributed by atoms with van der Waals surface area (Å²) in [5.74, 6) is 0. The number of carbonyl (C=O) groups is 1. The highest BCUT2D eigenvalue weighted by Crippen LogP contribution is 2.15. The van der Waals surface area contributed by atoms with Crippen molar-refractivity contribution < 1.29 is 14.6 Å². The average molecular weight is 310 g/mol. The van der Waals surface area contributed by atoms with Crippen LogP contribution in [-0.4, -0.2) is 29.7 Å². The van der Waals surface area contributed by atoms with E-state index in [1.54, 1.807) is 31.3 Å². The van der Waals surface area contributed by atoms with Crippen LogP contribution in [0.2, 0.25) is 0 Å². The molecule has 2 rings (SSSR count). The predicted octanol–water partition coefficient (Wildman–Crippen LogP) is 2.86. The summed E-state index contributed by atoms with van der Waals surface area (Å²) >= 11 is 0. The monoisotopic (exact) mass is 310 g/mol. The zero-order valence-corrected chi connectivity index (χ0v) is 12.8. The minimum Gasteiger partial charge on any atom is -0.445 e. The SMILES string of the molecule is CN(CC(O)c1ccc(C#N)cc1)C(=O)OCc1ccccc1. The van der Waals surface area contributed by atoms with Gasteiger partial charge in [-0.15, -0.1) is 0 Å². The number of ether oxygens (including phenoxy) is 1. The third kappa shape index (κ3) is 4.83. The second-order valence-electron chi connectivity index (χ2n) is 5.17. The van der Waals surface area contributed by atoms with Crippen molar-refractivity contribution in [2.24, 2.45) is 0 Å². The second kappa shape index (κ2) is 7.97. The molecule has 1 amide bonds. The van der Waals surface area contributed by atoms with Crippen molar-refractivity contribution in [2.45, 2.75) is 12.7 Å². The number of amides is 1. The van der Waals surface area contributed by atoms with Gasteiger partial charge in [-0.1, -0.05) is 42.5 Å². The fraction of sp³-hybridized carbons (Fsp3) is 0.222. The van der Waals surface area contributed by atoms with Crippen LogP contribution in [0.3, 0.4) is 0 Å². The fourth-order valence-electron chi connectivity index (χ4n) is 2.05. The molecule has 0 aliphatic rings. The predicted molar refractivity (Wildman–Crippen MR) is 85.4 cm³/mol. The minimum atomic E-state index is -0.836. The maximum absolute atomic E-state index is 11.9. The quantitative estimate of drug-likeness (QED) is 0.921. The lowest BCUT2D eigenvalue weighted by Crippen LogP contribution is -2.31. The maximum Gasteiger partial charge on any atom is 0.409 e. The number of nitrogens with zero attached hydrogens (tertiary/aromatic N) is 2. The highest BCUT2D eigenvalue weighted by Gasteiger charge is 2.16.